The summed E-state index contributed by atoms with van der Waals surface area (Å²) in [5, 5.41) is 19.8. The zero-order valence-corrected chi connectivity index (χ0v) is 13.3. The van der Waals surface area contributed by atoms with Gasteiger partial charge in [-0.1, -0.05) is 20.3 Å². The van der Waals surface area contributed by atoms with Gasteiger partial charge in [0.2, 0.25) is 0 Å². The Morgan fingerprint density at radius 3 is 2.40 bits per heavy atom. The van der Waals surface area contributed by atoms with Crippen LogP contribution in [0.15, 0.2) is 0 Å². The minimum Gasteiger partial charge on any atom is -0.481 e. The molecule has 1 aliphatic carbocycles. The first-order valence-electron chi connectivity index (χ1n) is 8.11. The van der Waals surface area contributed by atoms with Crippen molar-refractivity contribution in [3.8, 4) is 0 Å². The summed E-state index contributed by atoms with van der Waals surface area (Å²) in [5.74, 6) is -0.972. The number of unbranched alkanes of at least 4 members (excludes halogenated alkanes) is 1. The van der Waals surface area contributed by atoms with Crippen LogP contribution in [-0.4, -0.2) is 45.8 Å². The Balaban J connectivity index is 2.56. The van der Waals surface area contributed by atoms with Crippen LogP contribution in [0.2, 0.25) is 0 Å². The van der Waals surface area contributed by atoms with Gasteiger partial charge in [-0.25, -0.2) is 0 Å². The molecule has 0 aromatic heterocycles. The number of carbonyl (C=O) groups is 1. The highest BCUT2D eigenvalue weighted by molar-refractivity contribution is 5.70. The molecule has 0 heterocycles. The van der Waals surface area contributed by atoms with Crippen molar-refractivity contribution in [2.45, 2.75) is 77.4 Å². The van der Waals surface area contributed by atoms with E-state index in [1.807, 2.05) is 0 Å². The second-order valence-corrected chi connectivity index (χ2v) is 6.42. The first-order valence-corrected chi connectivity index (χ1v) is 8.11. The minimum absolute atomic E-state index is 0.261. The highest BCUT2D eigenvalue weighted by atomic mass is 16.4. The SMILES string of the molecule is CCCCN(CC1(O)CCC(C(=O)O)CC1)C(C)CC. The van der Waals surface area contributed by atoms with Crippen LogP contribution < -0.4 is 0 Å². The quantitative estimate of drug-likeness (QED) is 0.720. The van der Waals surface area contributed by atoms with E-state index in [1.54, 1.807) is 0 Å². The fraction of sp³-hybridized carbons (Fsp3) is 0.938. The Labute approximate surface area is 123 Å². The molecule has 20 heavy (non-hydrogen) atoms. The molecule has 1 saturated carbocycles. The Hall–Kier alpha value is -0.610. The van der Waals surface area contributed by atoms with Gasteiger partial charge in [-0.3, -0.25) is 9.69 Å². The van der Waals surface area contributed by atoms with E-state index < -0.39 is 11.6 Å². The molecular formula is C16H31NO3. The molecule has 4 nitrogen and oxygen atoms in total. The average Bonchev–Trinajstić information content (AvgIpc) is 2.43. The standard InChI is InChI=1S/C16H31NO3/c1-4-6-11-17(13(3)5-2)12-16(20)9-7-14(8-10-16)15(18)19/h13-14,20H,4-12H2,1-3H3,(H,18,19). The lowest BCUT2D eigenvalue weighted by molar-refractivity contribution is -0.145. The van der Waals surface area contributed by atoms with Crippen LogP contribution in [-0.2, 0) is 4.79 Å². The average molecular weight is 285 g/mol. The number of nitrogens with zero attached hydrogens (tertiary/aromatic N) is 1. The summed E-state index contributed by atoms with van der Waals surface area (Å²) < 4.78 is 0. The van der Waals surface area contributed by atoms with Crippen molar-refractivity contribution in [1.82, 2.24) is 4.90 Å². The summed E-state index contributed by atoms with van der Waals surface area (Å²) in [4.78, 5) is 13.4. The molecule has 0 aliphatic heterocycles. The number of hydrogen-bond donors (Lipinski definition) is 2. The van der Waals surface area contributed by atoms with E-state index in [4.69, 9.17) is 5.11 Å². The number of carboxylic acid groups (broad SMARTS) is 1. The number of aliphatic hydroxyl groups is 1. The fourth-order valence-corrected chi connectivity index (χ4v) is 3.01. The van der Waals surface area contributed by atoms with Crippen LogP contribution >= 0.6 is 0 Å². The van der Waals surface area contributed by atoms with Crippen LogP contribution in [0.25, 0.3) is 0 Å². The lowest BCUT2D eigenvalue weighted by Crippen LogP contribution is -2.49. The predicted molar refractivity (Wildman–Crippen MR) is 80.8 cm³/mol. The van der Waals surface area contributed by atoms with Gasteiger partial charge in [-0.2, -0.15) is 0 Å². The number of aliphatic carboxylic acids is 1. The van der Waals surface area contributed by atoms with Gasteiger partial charge in [0.25, 0.3) is 0 Å². The van der Waals surface area contributed by atoms with Gasteiger partial charge in [0.1, 0.15) is 0 Å². The van der Waals surface area contributed by atoms with E-state index in [0.29, 0.717) is 38.3 Å². The molecule has 0 aromatic rings. The predicted octanol–water partition coefficient (Wildman–Crippen LogP) is 2.89. The highest BCUT2D eigenvalue weighted by Crippen LogP contribution is 2.33. The molecular weight excluding hydrogens is 254 g/mol. The van der Waals surface area contributed by atoms with Crippen LogP contribution in [0.5, 0.6) is 0 Å². The highest BCUT2D eigenvalue weighted by Gasteiger charge is 2.37. The molecule has 0 bridgehead atoms. The summed E-state index contributed by atoms with van der Waals surface area (Å²) in [6.07, 6.45) is 5.83. The monoisotopic (exact) mass is 285 g/mol. The molecule has 1 unspecified atom stereocenters. The van der Waals surface area contributed by atoms with Gasteiger partial charge < -0.3 is 10.2 Å². The number of hydrogen-bond acceptors (Lipinski definition) is 3. The third-order valence-electron chi connectivity index (χ3n) is 4.78. The van der Waals surface area contributed by atoms with Crippen molar-refractivity contribution in [1.29, 1.82) is 0 Å². The smallest absolute Gasteiger partial charge is 0.306 e. The van der Waals surface area contributed by atoms with Crippen molar-refractivity contribution >= 4 is 5.97 Å². The third-order valence-corrected chi connectivity index (χ3v) is 4.78. The molecule has 1 fully saturated rings. The molecule has 2 N–H and O–H groups in total. The van der Waals surface area contributed by atoms with Crippen molar-refractivity contribution in [3.63, 3.8) is 0 Å². The largest absolute Gasteiger partial charge is 0.481 e. The first kappa shape index (κ1) is 17.4. The molecule has 0 spiro atoms. The molecule has 118 valence electrons. The molecule has 0 radical (unpaired) electrons. The van der Waals surface area contributed by atoms with Gasteiger partial charge in [0.05, 0.1) is 11.5 Å². The summed E-state index contributed by atoms with van der Waals surface area (Å²) in [6.45, 7) is 8.28. The Morgan fingerprint density at radius 1 is 1.35 bits per heavy atom. The Morgan fingerprint density at radius 2 is 1.95 bits per heavy atom. The van der Waals surface area contributed by atoms with E-state index in [0.717, 1.165) is 25.8 Å². The zero-order chi connectivity index (χ0) is 15.2. The zero-order valence-electron chi connectivity index (χ0n) is 13.3. The van der Waals surface area contributed by atoms with Crippen LogP contribution in [0.3, 0.4) is 0 Å². The van der Waals surface area contributed by atoms with Crippen LogP contribution in [0, 0.1) is 5.92 Å². The summed E-state index contributed by atoms with van der Waals surface area (Å²) >= 11 is 0. The molecule has 0 amide bonds. The van der Waals surface area contributed by atoms with E-state index in [2.05, 4.69) is 25.7 Å². The molecule has 1 rings (SSSR count). The maximum Gasteiger partial charge on any atom is 0.306 e. The summed E-state index contributed by atoms with van der Waals surface area (Å²) in [6, 6.07) is 0.475. The first-order chi connectivity index (χ1) is 9.41. The molecule has 0 aromatic carbocycles. The van der Waals surface area contributed by atoms with E-state index in [9.17, 15) is 9.90 Å². The summed E-state index contributed by atoms with van der Waals surface area (Å²) in [5.41, 5.74) is -0.691. The van der Waals surface area contributed by atoms with Crippen molar-refractivity contribution in [2.75, 3.05) is 13.1 Å². The van der Waals surface area contributed by atoms with Crippen LogP contribution in [0.4, 0.5) is 0 Å². The second-order valence-electron chi connectivity index (χ2n) is 6.42. The summed E-state index contributed by atoms with van der Waals surface area (Å²) in [7, 11) is 0. The third kappa shape index (κ3) is 5.06. The molecule has 1 aliphatic rings. The Bertz CT molecular complexity index is 298. The van der Waals surface area contributed by atoms with Crippen molar-refractivity contribution in [2.24, 2.45) is 5.92 Å². The number of carboxylic acids is 1. The number of rotatable bonds is 8. The molecule has 4 heteroatoms. The maximum absolute atomic E-state index is 11.0. The minimum atomic E-state index is -0.711. The van der Waals surface area contributed by atoms with Gasteiger partial charge in [-0.05, 0) is 52.0 Å². The van der Waals surface area contributed by atoms with Crippen LogP contribution in [0.1, 0.15) is 65.7 Å². The van der Waals surface area contributed by atoms with Gasteiger partial charge >= 0.3 is 5.97 Å². The van der Waals surface area contributed by atoms with Gasteiger partial charge in [0.15, 0.2) is 0 Å². The van der Waals surface area contributed by atoms with Gasteiger partial charge in [0, 0.05) is 12.6 Å². The topological polar surface area (TPSA) is 60.8 Å². The van der Waals surface area contributed by atoms with E-state index >= 15 is 0 Å². The fourth-order valence-electron chi connectivity index (χ4n) is 3.01. The normalized spacial score (nSPS) is 28.6. The second kappa shape index (κ2) is 7.99. The van der Waals surface area contributed by atoms with Crippen molar-refractivity contribution < 1.29 is 15.0 Å². The Kier molecular flexibility index (Phi) is 6.96. The maximum atomic E-state index is 11.0. The van der Waals surface area contributed by atoms with Crippen molar-refractivity contribution in [3.05, 3.63) is 0 Å². The molecule has 0 saturated heterocycles. The molecule has 1 atom stereocenters. The lowest BCUT2D eigenvalue weighted by Gasteiger charge is -2.40. The van der Waals surface area contributed by atoms with E-state index in [-0.39, 0.29) is 5.92 Å². The van der Waals surface area contributed by atoms with Gasteiger partial charge in [-0.15, -0.1) is 0 Å². The van der Waals surface area contributed by atoms with E-state index in [1.165, 1.54) is 0 Å². The lowest BCUT2D eigenvalue weighted by atomic mass is 9.78.